The highest BCUT2D eigenvalue weighted by Gasteiger charge is 2.14. The van der Waals surface area contributed by atoms with Crippen LogP contribution in [-0.4, -0.2) is 18.1 Å². The van der Waals surface area contributed by atoms with E-state index in [-0.39, 0.29) is 0 Å². The van der Waals surface area contributed by atoms with Crippen molar-refractivity contribution in [3.05, 3.63) is 23.4 Å². The van der Waals surface area contributed by atoms with Gasteiger partial charge in [0.15, 0.2) is 0 Å². The van der Waals surface area contributed by atoms with Crippen molar-refractivity contribution in [1.29, 1.82) is 0 Å². The molecule has 1 aliphatic heterocycles. The van der Waals surface area contributed by atoms with Crippen LogP contribution < -0.4 is 4.90 Å². The largest absolute Gasteiger partial charge is 0.357 e. The Bertz CT molecular complexity index is 370. The van der Waals surface area contributed by atoms with Crippen molar-refractivity contribution in [2.75, 3.05) is 18.0 Å². The highest BCUT2D eigenvalue weighted by atomic mass is 35.5. The molecule has 0 aliphatic carbocycles. The van der Waals surface area contributed by atoms with Crippen LogP contribution >= 0.6 is 11.6 Å². The normalized spacial score (nSPS) is 16.6. The lowest BCUT2D eigenvalue weighted by Gasteiger charge is -2.28. The lowest BCUT2D eigenvalue weighted by Crippen LogP contribution is -2.30. The summed E-state index contributed by atoms with van der Waals surface area (Å²) in [7, 11) is 0. The highest BCUT2D eigenvalue weighted by Crippen LogP contribution is 2.23. The van der Waals surface area contributed by atoms with Crippen molar-refractivity contribution in [2.24, 2.45) is 0 Å². The average molecular weight is 253 g/mol. The van der Waals surface area contributed by atoms with Gasteiger partial charge in [-0.1, -0.05) is 13.8 Å². The maximum Gasteiger partial charge on any atom is 0.129 e. The summed E-state index contributed by atoms with van der Waals surface area (Å²) in [5, 5.41) is 0. The van der Waals surface area contributed by atoms with Crippen LogP contribution in [0.2, 0.25) is 0 Å². The molecule has 0 N–H and O–H groups in total. The molecule has 17 heavy (non-hydrogen) atoms. The van der Waals surface area contributed by atoms with Gasteiger partial charge in [-0.15, -0.1) is 11.6 Å². The minimum Gasteiger partial charge on any atom is -0.357 e. The Hall–Kier alpha value is -0.760. The number of hydrogen-bond acceptors (Lipinski definition) is 2. The predicted molar refractivity (Wildman–Crippen MR) is 73.9 cm³/mol. The second kappa shape index (κ2) is 5.72. The second-order valence-electron chi connectivity index (χ2n) is 5.09. The molecule has 94 valence electrons. The summed E-state index contributed by atoms with van der Waals surface area (Å²) in [6.45, 7) is 6.63. The Morgan fingerprint density at radius 2 is 1.94 bits per heavy atom. The third kappa shape index (κ3) is 3.12. The number of pyridine rings is 1. The molecule has 2 heterocycles. The Balaban J connectivity index is 2.28. The number of rotatable bonds is 3. The topological polar surface area (TPSA) is 16.1 Å². The van der Waals surface area contributed by atoms with Crippen molar-refractivity contribution in [3.63, 3.8) is 0 Å². The predicted octanol–water partition coefficient (Wildman–Crippen LogP) is 3.93. The van der Waals surface area contributed by atoms with Gasteiger partial charge in [-0.05, 0) is 42.9 Å². The van der Waals surface area contributed by atoms with Crippen LogP contribution in [0.25, 0.3) is 0 Å². The number of halogens is 1. The quantitative estimate of drug-likeness (QED) is 0.758. The molecule has 2 nitrogen and oxygen atoms in total. The number of nitrogens with zero attached hydrogens (tertiary/aromatic N) is 2. The van der Waals surface area contributed by atoms with Gasteiger partial charge < -0.3 is 4.90 Å². The van der Waals surface area contributed by atoms with Crippen molar-refractivity contribution in [3.8, 4) is 0 Å². The van der Waals surface area contributed by atoms with Crippen LogP contribution in [0.15, 0.2) is 12.1 Å². The monoisotopic (exact) mass is 252 g/mol. The smallest absolute Gasteiger partial charge is 0.129 e. The minimum atomic E-state index is 0.460. The van der Waals surface area contributed by atoms with Gasteiger partial charge in [0.05, 0.1) is 0 Å². The molecule has 0 atom stereocenters. The van der Waals surface area contributed by atoms with Crippen molar-refractivity contribution in [1.82, 2.24) is 4.98 Å². The second-order valence-corrected chi connectivity index (χ2v) is 5.36. The summed E-state index contributed by atoms with van der Waals surface area (Å²) in [6.07, 6.45) is 3.91. The van der Waals surface area contributed by atoms with Crippen LogP contribution in [0.4, 0.5) is 5.82 Å². The molecular formula is C14H21ClN2. The molecule has 1 aromatic heterocycles. The fraction of sp³-hybridized carbons (Fsp3) is 0.643. The summed E-state index contributed by atoms with van der Waals surface area (Å²) in [5.41, 5.74) is 2.34. The van der Waals surface area contributed by atoms with Crippen LogP contribution in [0.1, 0.15) is 50.3 Å². The average Bonchev–Trinajstić information content (AvgIpc) is 2.39. The van der Waals surface area contributed by atoms with Crippen LogP contribution in [-0.2, 0) is 5.88 Å². The van der Waals surface area contributed by atoms with E-state index in [0.717, 1.165) is 24.6 Å². The molecule has 2 rings (SSSR count). The number of aromatic nitrogens is 1. The van der Waals surface area contributed by atoms with Gasteiger partial charge in [0.25, 0.3) is 0 Å². The van der Waals surface area contributed by atoms with Crippen LogP contribution in [0.3, 0.4) is 0 Å². The first kappa shape index (κ1) is 12.7. The van der Waals surface area contributed by atoms with Gasteiger partial charge in [-0.2, -0.15) is 0 Å². The summed E-state index contributed by atoms with van der Waals surface area (Å²) < 4.78 is 0. The van der Waals surface area contributed by atoms with E-state index in [4.69, 9.17) is 16.6 Å². The third-order valence-corrected chi connectivity index (χ3v) is 3.63. The van der Waals surface area contributed by atoms with E-state index in [2.05, 4.69) is 30.9 Å². The van der Waals surface area contributed by atoms with E-state index in [1.807, 2.05) is 0 Å². The van der Waals surface area contributed by atoms with Crippen LogP contribution in [0, 0.1) is 0 Å². The lowest BCUT2D eigenvalue weighted by atomic mass is 10.1. The van der Waals surface area contributed by atoms with E-state index in [1.54, 1.807) is 0 Å². The van der Waals surface area contributed by atoms with Crippen molar-refractivity contribution < 1.29 is 0 Å². The molecule has 0 aromatic carbocycles. The van der Waals surface area contributed by atoms with Gasteiger partial charge >= 0.3 is 0 Å². The minimum absolute atomic E-state index is 0.460. The maximum absolute atomic E-state index is 5.97. The molecule has 0 saturated carbocycles. The molecule has 0 spiro atoms. The number of piperidine rings is 1. The number of hydrogen-bond donors (Lipinski definition) is 0. The van der Waals surface area contributed by atoms with Gasteiger partial charge in [0.1, 0.15) is 5.82 Å². The van der Waals surface area contributed by atoms with Gasteiger partial charge in [0, 0.05) is 24.7 Å². The molecule has 1 saturated heterocycles. The molecule has 1 aromatic rings. The van der Waals surface area contributed by atoms with E-state index < -0.39 is 0 Å². The molecule has 0 bridgehead atoms. The molecule has 0 radical (unpaired) electrons. The van der Waals surface area contributed by atoms with Crippen LogP contribution in [0.5, 0.6) is 0 Å². The van der Waals surface area contributed by atoms with Crippen molar-refractivity contribution >= 4 is 17.4 Å². The zero-order valence-electron chi connectivity index (χ0n) is 10.7. The lowest BCUT2D eigenvalue weighted by molar-refractivity contribution is 0.572. The van der Waals surface area contributed by atoms with E-state index >= 15 is 0 Å². The molecule has 1 fully saturated rings. The summed E-state index contributed by atoms with van der Waals surface area (Å²) in [4.78, 5) is 7.17. The molecule has 0 amide bonds. The SMILES string of the molecule is CC(C)c1cc(CCl)cc(N2CCCCC2)n1. The number of alkyl halides is 1. The number of anilines is 1. The first-order valence-electron chi connectivity index (χ1n) is 6.52. The third-order valence-electron chi connectivity index (χ3n) is 3.32. The maximum atomic E-state index is 5.97. The van der Waals surface area contributed by atoms with E-state index in [9.17, 15) is 0 Å². The zero-order chi connectivity index (χ0) is 12.3. The Kier molecular flexibility index (Phi) is 4.27. The van der Waals surface area contributed by atoms with E-state index in [0.29, 0.717) is 11.8 Å². The molecule has 0 unspecified atom stereocenters. The molecule has 3 heteroatoms. The Morgan fingerprint density at radius 1 is 1.24 bits per heavy atom. The fourth-order valence-electron chi connectivity index (χ4n) is 2.25. The van der Waals surface area contributed by atoms with E-state index in [1.165, 1.54) is 24.8 Å². The Labute approximate surface area is 109 Å². The van der Waals surface area contributed by atoms with Gasteiger partial charge in [-0.25, -0.2) is 4.98 Å². The summed E-state index contributed by atoms with van der Waals surface area (Å²) >= 11 is 5.97. The fourth-order valence-corrected chi connectivity index (χ4v) is 2.41. The summed E-state index contributed by atoms with van der Waals surface area (Å²) in [5.74, 6) is 2.15. The first-order valence-corrected chi connectivity index (χ1v) is 7.06. The Morgan fingerprint density at radius 3 is 2.53 bits per heavy atom. The summed E-state index contributed by atoms with van der Waals surface area (Å²) in [6, 6.07) is 4.27. The standard InChI is InChI=1S/C14H21ClN2/c1-11(2)13-8-12(10-15)9-14(16-13)17-6-4-3-5-7-17/h8-9,11H,3-7,10H2,1-2H3. The van der Waals surface area contributed by atoms with Crippen molar-refractivity contribution in [2.45, 2.75) is 44.9 Å². The molecule has 1 aliphatic rings. The van der Waals surface area contributed by atoms with Gasteiger partial charge in [0.2, 0.25) is 0 Å². The zero-order valence-corrected chi connectivity index (χ0v) is 11.5. The van der Waals surface area contributed by atoms with Gasteiger partial charge in [-0.3, -0.25) is 0 Å². The molecular weight excluding hydrogens is 232 g/mol. The first-order chi connectivity index (χ1) is 8.20. The highest BCUT2D eigenvalue weighted by molar-refractivity contribution is 6.17.